The number of ether oxygens (including phenoxy) is 1. The molecule has 1 amide bonds. The van der Waals surface area contributed by atoms with Crippen LogP contribution in [0, 0.1) is 5.92 Å². The standard InChI is InChI=1S/C12H17N3O2/c1-8-4-6-17-11(8)12(16)15(2)10-3-5-14-7-9(10)13/h3,5,7-8,11H,4,6,13H2,1-2H3. The van der Waals surface area contributed by atoms with Crippen LogP contribution in [0.1, 0.15) is 13.3 Å². The van der Waals surface area contributed by atoms with E-state index in [0.29, 0.717) is 18.0 Å². The second kappa shape index (κ2) is 4.71. The first-order chi connectivity index (χ1) is 8.11. The zero-order valence-electron chi connectivity index (χ0n) is 10.1. The van der Waals surface area contributed by atoms with Crippen molar-refractivity contribution in [2.75, 3.05) is 24.3 Å². The van der Waals surface area contributed by atoms with Crippen LogP contribution in [0.2, 0.25) is 0 Å². The highest BCUT2D eigenvalue weighted by Gasteiger charge is 2.33. The molecule has 17 heavy (non-hydrogen) atoms. The fraction of sp³-hybridized carbons (Fsp3) is 0.500. The number of hydrogen-bond acceptors (Lipinski definition) is 4. The molecule has 1 saturated heterocycles. The fourth-order valence-corrected chi connectivity index (χ4v) is 2.03. The summed E-state index contributed by atoms with van der Waals surface area (Å²) in [5.41, 5.74) is 6.96. The van der Waals surface area contributed by atoms with Crippen molar-refractivity contribution in [2.24, 2.45) is 5.92 Å². The monoisotopic (exact) mass is 235 g/mol. The Labute approximate surface area is 101 Å². The van der Waals surface area contributed by atoms with Gasteiger partial charge in [-0.25, -0.2) is 0 Å². The van der Waals surface area contributed by atoms with E-state index in [0.717, 1.165) is 6.42 Å². The van der Waals surface area contributed by atoms with Crippen LogP contribution in [-0.4, -0.2) is 30.6 Å². The van der Waals surface area contributed by atoms with Crippen molar-refractivity contribution in [1.82, 2.24) is 4.98 Å². The fourth-order valence-electron chi connectivity index (χ4n) is 2.03. The van der Waals surface area contributed by atoms with Gasteiger partial charge in [0.15, 0.2) is 0 Å². The lowest BCUT2D eigenvalue weighted by Gasteiger charge is -2.23. The van der Waals surface area contributed by atoms with E-state index in [1.54, 1.807) is 24.2 Å². The minimum Gasteiger partial charge on any atom is -0.396 e. The van der Waals surface area contributed by atoms with Crippen molar-refractivity contribution in [1.29, 1.82) is 0 Å². The van der Waals surface area contributed by atoms with E-state index in [4.69, 9.17) is 10.5 Å². The number of rotatable bonds is 2. The van der Waals surface area contributed by atoms with Crippen molar-refractivity contribution in [3.63, 3.8) is 0 Å². The molecule has 1 aliphatic rings. The van der Waals surface area contributed by atoms with E-state index in [1.165, 1.54) is 6.20 Å². The summed E-state index contributed by atoms with van der Waals surface area (Å²) < 4.78 is 5.46. The Kier molecular flexibility index (Phi) is 3.28. The van der Waals surface area contributed by atoms with Crippen LogP contribution in [0.15, 0.2) is 18.5 Å². The Morgan fingerprint density at radius 1 is 1.65 bits per heavy atom. The lowest BCUT2D eigenvalue weighted by molar-refractivity contribution is -0.128. The van der Waals surface area contributed by atoms with Crippen molar-refractivity contribution in [3.05, 3.63) is 18.5 Å². The first kappa shape index (κ1) is 11.9. The first-order valence-corrected chi connectivity index (χ1v) is 5.70. The summed E-state index contributed by atoms with van der Waals surface area (Å²) in [6.45, 7) is 2.68. The zero-order valence-corrected chi connectivity index (χ0v) is 10.1. The van der Waals surface area contributed by atoms with Crippen LogP contribution in [-0.2, 0) is 9.53 Å². The Morgan fingerprint density at radius 3 is 3.00 bits per heavy atom. The molecular weight excluding hydrogens is 218 g/mol. The summed E-state index contributed by atoms with van der Waals surface area (Å²) in [4.78, 5) is 17.7. The molecule has 1 aromatic heterocycles. The molecule has 0 saturated carbocycles. The third kappa shape index (κ3) is 2.24. The van der Waals surface area contributed by atoms with Crippen molar-refractivity contribution < 1.29 is 9.53 Å². The molecule has 2 unspecified atom stereocenters. The van der Waals surface area contributed by atoms with E-state index in [9.17, 15) is 4.79 Å². The molecule has 0 bridgehead atoms. The number of carbonyl (C=O) groups is 1. The van der Waals surface area contributed by atoms with Gasteiger partial charge >= 0.3 is 0 Å². The molecule has 2 heterocycles. The number of likely N-dealkylation sites (N-methyl/N-ethyl adjacent to an activating group) is 1. The highest BCUT2D eigenvalue weighted by atomic mass is 16.5. The van der Waals surface area contributed by atoms with E-state index in [1.807, 2.05) is 6.92 Å². The summed E-state index contributed by atoms with van der Waals surface area (Å²) in [5.74, 6) is 0.209. The number of nitrogen functional groups attached to an aromatic ring is 1. The van der Waals surface area contributed by atoms with E-state index < -0.39 is 0 Å². The Balaban J connectivity index is 2.17. The van der Waals surface area contributed by atoms with Gasteiger partial charge in [0.25, 0.3) is 5.91 Å². The van der Waals surface area contributed by atoms with Crippen molar-refractivity contribution >= 4 is 17.3 Å². The number of nitrogens with zero attached hydrogens (tertiary/aromatic N) is 2. The highest BCUT2D eigenvalue weighted by molar-refractivity contribution is 5.98. The normalized spacial score (nSPS) is 23.6. The lowest BCUT2D eigenvalue weighted by atomic mass is 10.0. The van der Waals surface area contributed by atoms with Crippen molar-refractivity contribution in [2.45, 2.75) is 19.4 Å². The lowest BCUT2D eigenvalue weighted by Crippen LogP contribution is -2.39. The molecule has 5 heteroatoms. The molecule has 0 radical (unpaired) electrons. The van der Waals surface area contributed by atoms with Gasteiger partial charge < -0.3 is 15.4 Å². The molecule has 2 N–H and O–H groups in total. The maximum atomic E-state index is 12.2. The topological polar surface area (TPSA) is 68.5 Å². The number of amides is 1. The van der Waals surface area contributed by atoms with Gasteiger partial charge in [0.2, 0.25) is 0 Å². The smallest absolute Gasteiger partial charge is 0.256 e. The molecule has 1 fully saturated rings. The molecule has 1 aliphatic heterocycles. The zero-order chi connectivity index (χ0) is 12.4. The summed E-state index contributed by atoms with van der Waals surface area (Å²) in [5, 5.41) is 0. The van der Waals surface area contributed by atoms with Gasteiger partial charge in [-0.05, 0) is 18.4 Å². The number of carbonyl (C=O) groups excluding carboxylic acids is 1. The number of pyridine rings is 1. The molecule has 2 rings (SSSR count). The Morgan fingerprint density at radius 2 is 2.41 bits per heavy atom. The Bertz CT molecular complexity index is 422. The third-order valence-electron chi connectivity index (χ3n) is 3.15. The van der Waals surface area contributed by atoms with Gasteiger partial charge in [-0.2, -0.15) is 0 Å². The van der Waals surface area contributed by atoms with Crippen molar-refractivity contribution in [3.8, 4) is 0 Å². The number of nitrogens with two attached hydrogens (primary N) is 1. The van der Waals surface area contributed by atoms with E-state index in [-0.39, 0.29) is 17.9 Å². The van der Waals surface area contributed by atoms with Gasteiger partial charge in [-0.3, -0.25) is 9.78 Å². The summed E-state index contributed by atoms with van der Waals surface area (Å²) in [6, 6.07) is 1.73. The van der Waals surface area contributed by atoms with Gasteiger partial charge in [0.1, 0.15) is 6.10 Å². The maximum Gasteiger partial charge on any atom is 0.256 e. The molecule has 5 nitrogen and oxygen atoms in total. The Hall–Kier alpha value is -1.62. The van der Waals surface area contributed by atoms with E-state index in [2.05, 4.69) is 4.98 Å². The van der Waals surface area contributed by atoms with Crippen LogP contribution >= 0.6 is 0 Å². The van der Waals surface area contributed by atoms with Gasteiger partial charge in [0.05, 0.1) is 17.6 Å². The van der Waals surface area contributed by atoms with Crippen LogP contribution in [0.5, 0.6) is 0 Å². The molecular formula is C12H17N3O2. The SMILES string of the molecule is CC1CCOC1C(=O)N(C)c1ccncc1N. The predicted octanol–water partition coefficient (Wildman–Crippen LogP) is 1.05. The first-order valence-electron chi connectivity index (χ1n) is 5.70. The summed E-state index contributed by atoms with van der Waals surface area (Å²) in [6.07, 6.45) is 3.73. The number of anilines is 2. The third-order valence-corrected chi connectivity index (χ3v) is 3.15. The molecule has 0 spiro atoms. The van der Waals surface area contributed by atoms with Gasteiger partial charge in [-0.1, -0.05) is 6.92 Å². The minimum absolute atomic E-state index is 0.0482. The predicted molar refractivity (Wildman–Crippen MR) is 65.6 cm³/mol. The van der Waals surface area contributed by atoms with Crippen LogP contribution in [0.25, 0.3) is 0 Å². The number of aromatic nitrogens is 1. The quantitative estimate of drug-likeness (QED) is 0.832. The number of hydrogen-bond donors (Lipinski definition) is 1. The maximum absolute atomic E-state index is 12.2. The average Bonchev–Trinajstić information content (AvgIpc) is 2.74. The second-order valence-corrected chi connectivity index (χ2v) is 4.39. The van der Waals surface area contributed by atoms with Gasteiger partial charge in [0, 0.05) is 19.9 Å². The molecule has 2 atom stereocenters. The largest absolute Gasteiger partial charge is 0.396 e. The molecule has 92 valence electrons. The molecule has 0 aliphatic carbocycles. The van der Waals surface area contributed by atoms with Crippen LogP contribution in [0.4, 0.5) is 11.4 Å². The van der Waals surface area contributed by atoms with Crippen LogP contribution < -0.4 is 10.6 Å². The average molecular weight is 235 g/mol. The molecule has 0 aromatic carbocycles. The van der Waals surface area contributed by atoms with E-state index >= 15 is 0 Å². The van der Waals surface area contributed by atoms with Crippen LogP contribution in [0.3, 0.4) is 0 Å². The minimum atomic E-state index is -0.354. The van der Waals surface area contributed by atoms with Gasteiger partial charge in [-0.15, -0.1) is 0 Å². The second-order valence-electron chi connectivity index (χ2n) is 4.39. The summed E-state index contributed by atoms with van der Waals surface area (Å²) in [7, 11) is 1.71. The summed E-state index contributed by atoms with van der Waals surface area (Å²) >= 11 is 0. The molecule has 1 aromatic rings. The highest BCUT2D eigenvalue weighted by Crippen LogP contribution is 2.26.